The molecule has 0 atom stereocenters. The Morgan fingerprint density at radius 3 is 2.19 bits per heavy atom. The summed E-state index contributed by atoms with van der Waals surface area (Å²) < 4.78 is 26.0. The number of aliphatic imine (C=N–C) groups is 1. The molecular weight excluding hydrogens is 463 g/mol. The molecule has 6 nitrogen and oxygen atoms in total. The number of rotatable bonds is 9. The van der Waals surface area contributed by atoms with Gasteiger partial charge in [0, 0.05) is 33.2 Å². The molecule has 0 bridgehead atoms. The lowest BCUT2D eigenvalue weighted by molar-refractivity contribution is 0.445. The molecular formula is C18H33IN4O2S. The van der Waals surface area contributed by atoms with E-state index in [-0.39, 0.29) is 36.3 Å². The molecule has 0 aliphatic rings. The van der Waals surface area contributed by atoms with Crippen molar-refractivity contribution < 1.29 is 8.42 Å². The topological polar surface area (TPSA) is 65.0 Å². The van der Waals surface area contributed by atoms with Crippen molar-refractivity contribution in [3.05, 3.63) is 35.4 Å². The normalized spacial score (nSPS) is 12.0. The number of sulfonamides is 1. The zero-order valence-electron chi connectivity index (χ0n) is 16.5. The maximum atomic E-state index is 12.2. The Balaban J connectivity index is 0.00000625. The smallest absolute Gasteiger partial charge is 0.215 e. The van der Waals surface area contributed by atoms with E-state index in [0.29, 0.717) is 13.1 Å². The fourth-order valence-corrected chi connectivity index (χ4v) is 3.89. The highest BCUT2D eigenvalue weighted by Crippen LogP contribution is 2.06. The van der Waals surface area contributed by atoms with Gasteiger partial charge in [-0.25, -0.2) is 12.7 Å². The van der Waals surface area contributed by atoms with Crippen molar-refractivity contribution in [2.24, 2.45) is 4.99 Å². The SMILES string of the molecule is CCNC(=NCCS(=O)(=O)N(CC)CC)N(C)Cc1ccc(C)cc1.I. The Hall–Kier alpha value is -0.870. The third-order valence-corrected chi connectivity index (χ3v) is 5.95. The second-order valence-corrected chi connectivity index (χ2v) is 8.07. The number of nitrogens with zero attached hydrogens (tertiary/aromatic N) is 3. The molecule has 8 heteroatoms. The lowest BCUT2D eigenvalue weighted by atomic mass is 10.1. The van der Waals surface area contributed by atoms with Gasteiger partial charge in [0.2, 0.25) is 10.0 Å². The molecule has 0 aromatic heterocycles. The van der Waals surface area contributed by atoms with E-state index in [0.717, 1.165) is 19.0 Å². The zero-order valence-corrected chi connectivity index (χ0v) is 19.7. The van der Waals surface area contributed by atoms with Gasteiger partial charge in [-0.05, 0) is 19.4 Å². The van der Waals surface area contributed by atoms with E-state index < -0.39 is 10.0 Å². The molecule has 0 heterocycles. The molecule has 0 unspecified atom stereocenters. The Kier molecular flexibility index (Phi) is 12.1. The number of guanidine groups is 1. The summed E-state index contributed by atoms with van der Waals surface area (Å²) >= 11 is 0. The van der Waals surface area contributed by atoms with Crippen LogP contribution in [-0.2, 0) is 16.6 Å². The number of aryl methyl sites for hydroxylation is 1. The molecule has 0 aliphatic carbocycles. The van der Waals surface area contributed by atoms with Crippen LogP contribution in [0.25, 0.3) is 0 Å². The minimum atomic E-state index is -3.24. The van der Waals surface area contributed by atoms with E-state index >= 15 is 0 Å². The minimum absolute atomic E-state index is 0. The van der Waals surface area contributed by atoms with E-state index in [1.807, 2.05) is 32.7 Å². The van der Waals surface area contributed by atoms with Crippen LogP contribution in [0.1, 0.15) is 31.9 Å². The molecule has 1 rings (SSSR count). The fraction of sp³-hybridized carbons (Fsp3) is 0.611. The van der Waals surface area contributed by atoms with Crippen molar-refractivity contribution in [2.75, 3.05) is 39.0 Å². The summed E-state index contributed by atoms with van der Waals surface area (Å²) in [5.74, 6) is 0.750. The number of nitrogens with one attached hydrogen (secondary N) is 1. The van der Waals surface area contributed by atoms with E-state index in [1.54, 1.807) is 0 Å². The van der Waals surface area contributed by atoms with Gasteiger partial charge < -0.3 is 10.2 Å². The predicted molar refractivity (Wildman–Crippen MR) is 121 cm³/mol. The van der Waals surface area contributed by atoms with Crippen LogP contribution < -0.4 is 5.32 Å². The maximum Gasteiger partial charge on any atom is 0.215 e. The third-order valence-electron chi connectivity index (χ3n) is 3.95. The van der Waals surface area contributed by atoms with Gasteiger partial charge in [-0.2, -0.15) is 0 Å². The summed E-state index contributed by atoms with van der Waals surface area (Å²) in [5.41, 5.74) is 2.42. The molecule has 0 saturated heterocycles. The highest BCUT2D eigenvalue weighted by molar-refractivity contribution is 14.0. The van der Waals surface area contributed by atoms with E-state index in [1.165, 1.54) is 15.4 Å². The molecule has 1 aromatic carbocycles. The van der Waals surface area contributed by atoms with Crippen molar-refractivity contribution in [1.82, 2.24) is 14.5 Å². The van der Waals surface area contributed by atoms with Gasteiger partial charge in [-0.15, -0.1) is 24.0 Å². The van der Waals surface area contributed by atoms with Crippen LogP contribution in [0.15, 0.2) is 29.3 Å². The summed E-state index contributed by atoms with van der Waals surface area (Å²) in [6.07, 6.45) is 0. The van der Waals surface area contributed by atoms with Gasteiger partial charge in [0.25, 0.3) is 0 Å². The molecule has 0 radical (unpaired) electrons. The monoisotopic (exact) mass is 496 g/mol. The molecule has 0 saturated carbocycles. The first-order chi connectivity index (χ1) is 11.8. The lowest BCUT2D eigenvalue weighted by Crippen LogP contribution is -2.39. The van der Waals surface area contributed by atoms with E-state index in [2.05, 4.69) is 41.5 Å². The second-order valence-electron chi connectivity index (χ2n) is 5.98. The zero-order chi connectivity index (χ0) is 18.9. The van der Waals surface area contributed by atoms with Crippen molar-refractivity contribution in [1.29, 1.82) is 0 Å². The van der Waals surface area contributed by atoms with Gasteiger partial charge in [-0.1, -0.05) is 43.7 Å². The molecule has 0 amide bonds. The highest BCUT2D eigenvalue weighted by atomic mass is 127. The van der Waals surface area contributed by atoms with Crippen LogP contribution in [-0.4, -0.2) is 62.6 Å². The highest BCUT2D eigenvalue weighted by Gasteiger charge is 2.18. The molecule has 0 fully saturated rings. The Morgan fingerprint density at radius 1 is 1.12 bits per heavy atom. The Morgan fingerprint density at radius 2 is 1.69 bits per heavy atom. The molecule has 26 heavy (non-hydrogen) atoms. The quantitative estimate of drug-likeness (QED) is 0.325. The van der Waals surface area contributed by atoms with Crippen LogP contribution in [0.5, 0.6) is 0 Å². The number of hydrogen-bond acceptors (Lipinski definition) is 3. The average Bonchev–Trinajstić information content (AvgIpc) is 2.56. The fourth-order valence-electron chi connectivity index (χ4n) is 2.52. The van der Waals surface area contributed by atoms with E-state index in [4.69, 9.17) is 0 Å². The van der Waals surface area contributed by atoms with Gasteiger partial charge in [-0.3, -0.25) is 4.99 Å². The molecule has 150 valence electrons. The second kappa shape index (κ2) is 12.5. The van der Waals surface area contributed by atoms with Crippen molar-refractivity contribution >= 4 is 40.0 Å². The van der Waals surface area contributed by atoms with Crippen LogP contribution in [0.2, 0.25) is 0 Å². The minimum Gasteiger partial charge on any atom is -0.357 e. The maximum absolute atomic E-state index is 12.2. The number of halogens is 1. The first-order valence-electron chi connectivity index (χ1n) is 8.86. The predicted octanol–water partition coefficient (Wildman–Crippen LogP) is 2.68. The Labute approximate surface area is 176 Å². The first kappa shape index (κ1) is 25.1. The largest absolute Gasteiger partial charge is 0.357 e. The summed E-state index contributed by atoms with van der Waals surface area (Å²) in [5, 5.41) is 3.22. The molecule has 0 aliphatic heterocycles. The number of benzene rings is 1. The molecule has 1 aromatic rings. The Bertz CT molecular complexity index is 644. The molecule has 1 N–H and O–H groups in total. The summed E-state index contributed by atoms with van der Waals surface area (Å²) in [6, 6.07) is 8.37. The van der Waals surface area contributed by atoms with Crippen LogP contribution in [0.4, 0.5) is 0 Å². The molecule has 0 spiro atoms. The average molecular weight is 496 g/mol. The van der Waals surface area contributed by atoms with Crippen molar-refractivity contribution in [2.45, 2.75) is 34.2 Å². The van der Waals surface area contributed by atoms with E-state index in [9.17, 15) is 8.42 Å². The number of hydrogen-bond donors (Lipinski definition) is 1. The van der Waals surface area contributed by atoms with Gasteiger partial charge in [0.15, 0.2) is 5.96 Å². The standard InChI is InChI=1S/C18H32N4O2S.HI/c1-6-19-18(20-13-14-25(23,24)22(7-2)8-3)21(5)15-17-11-9-16(4)10-12-17;/h9-12H,6-8,13-15H2,1-5H3,(H,19,20);1H. The summed E-state index contributed by atoms with van der Waals surface area (Å²) in [6.45, 7) is 10.5. The summed E-state index contributed by atoms with van der Waals surface area (Å²) in [7, 11) is -1.28. The van der Waals surface area contributed by atoms with Crippen molar-refractivity contribution in [3.63, 3.8) is 0 Å². The summed E-state index contributed by atoms with van der Waals surface area (Å²) in [4.78, 5) is 6.50. The lowest BCUT2D eigenvalue weighted by Gasteiger charge is -2.22. The van der Waals surface area contributed by atoms with Crippen LogP contribution in [0, 0.1) is 6.92 Å². The van der Waals surface area contributed by atoms with Crippen molar-refractivity contribution in [3.8, 4) is 0 Å². The van der Waals surface area contributed by atoms with Crippen LogP contribution in [0.3, 0.4) is 0 Å². The van der Waals surface area contributed by atoms with Gasteiger partial charge >= 0.3 is 0 Å². The van der Waals surface area contributed by atoms with Gasteiger partial charge in [0.05, 0.1) is 12.3 Å². The third kappa shape index (κ3) is 8.22. The van der Waals surface area contributed by atoms with Crippen LogP contribution >= 0.6 is 24.0 Å². The van der Waals surface area contributed by atoms with Gasteiger partial charge in [0.1, 0.15) is 0 Å². The first-order valence-corrected chi connectivity index (χ1v) is 10.5.